The second kappa shape index (κ2) is 6.33. The molecular weight excluding hydrogens is 258 g/mol. The van der Waals surface area contributed by atoms with E-state index in [0.717, 1.165) is 5.56 Å². The van der Waals surface area contributed by atoms with Crippen molar-refractivity contribution in [2.75, 3.05) is 0 Å². The Kier molecular flexibility index (Phi) is 4.28. The van der Waals surface area contributed by atoms with Crippen LogP contribution in [0.1, 0.15) is 5.56 Å². The van der Waals surface area contributed by atoms with E-state index >= 15 is 0 Å². The summed E-state index contributed by atoms with van der Waals surface area (Å²) in [5, 5.41) is 12.9. The Morgan fingerprint density at radius 1 is 1.25 bits per heavy atom. The number of hydrazone groups is 1. The van der Waals surface area contributed by atoms with Crippen LogP contribution in [0.3, 0.4) is 0 Å². The number of pyridine rings is 1. The van der Waals surface area contributed by atoms with Crippen molar-refractivity contribution in [3.63, 3.8) is 0 Å². The number of aromatic hydroxyl groups is 1. The first-order chi connectivity index (χ1) is 9.65. The summed E-state index contributed by atoms with van der Waals surface area (Å²) in [6, 6.07) is 11.0. The van der Waals surface area contributed by atoms with Gasteiger partial charge in [0.2, 0.25) is 0 Å². The van der Waals surface area contributed by atoms with Crippen molar-refractivity contribution in [1.82, 2.24) is 9.99 Å². The van der Waals surface area contributed by atoms with Gasteiger partial charge >= 0.3 is 0 Å². The minimum Gasteiger partial charge on any atom is -0.508 e. The zero-order valence-corrected chi connectivity index (χ0v) is 10.6. The number of hydrogen-bond donors (Lipinski definition) is 2. The van der Waals surface area contributed by atoms with Crippen LogP contribution in [-0.2, 0) is 11.3 Å². The summed E-state index contributed by atoms with van der Waals surface area (Å²) in [6.45, 7) is -0.0907. The van der Waals surface area contributed by atoms with Gasteiger partial charge < -0.3 is 9.67 Å². The predicted molar refractivity (Wildman–Crippen MR) is 74.5 cm³/mol. The molecule has 0 fully saturated rings. The van der Waals surface area contributed by atoms with E-state index in [2.05, 4.69) is 10.5 Å². The molecule has 6 nitrogen and oxygen atoms in total. The van der Waals surface area contributed by atoms with Crippen LogP contribution < -0.4 is 11.0 Å². The molecule has 0 atom stereocenters. The molecule has 1 aromatic heterocycles. The third kappa shape index (κ3) is 3.81. The largest absolute Gasteiger partial charge is 0.508 e. The number of nitrogens with one attached hydrogen (secondary N) is 1. The third-order valence-corrected chi connectivity index (χ3v) is 2.51. The quantitative estimate of drug-likeness (QED) is 0.634. The van der Waals surface area contributed by atoms with E-state index in [4.69, 9.17) is 5.11 Å². The van der Waals surface area contributed by atoms with Crippen LogP contribution >= 0.6 is 0 Å². The van der Waals surface area contributed by atoms with Gasteiger partial charge in [0, 0.05) is 12.3 Å². The SMILES string of the molecule is O=C(Cn1ccccc1=O)N/N=C/c1ccc(O)cc1. The molecule has 0 saturated heterocycles. The summed E-state index contributed by atoms with van der Waals surface area (Å²) in [4.78, 5) is 23.0. The van der Waals surface area contributed by atoms with Crippen LogP contribution in [0.5, 0.6) is 5.75 Å². The molecule has 0 aliphatic rings. The minimum atomic E-state index is -0.395. The van der Waals surface area contributed by atoms with E-state index in [0.29, 0.717) is 0 Å². The number of phenolic OH excluding ortho intramolecular Hbond substituents is 1. The Balaban J connectivity index is 1.91. The molecule has 1 amide bonds. The van der Waals surface area contributed by atoms with Crippen LogP contribution in [-0.4, -0.2) is 21.8 Å². The van der Waals surface area contributed by atoms with Gasteiger partial charge in [0.15, 0.2) is 0 Å². The molecule has 1 heterocycles. The van der Waals surface area contributed by atoms with Crippen molar-refractivity contribution in [1.29, 1.82) is 0 Å². The van der Waals surface area contributed by atoms with Crippen molar-refractivity contribution in [3.8, 4) is 5.75 Å². The maximum atomic E-state index is 11.6. The highest BCUT2D eigenvalue weighted by Crippen LogP contribution is 2.07. The lowest BCUT2D eigenvalue weighted by atomic mass is 10.2. The number of phenols is 1. The average molecular weight is 271 g/mol. The standard InChI is InChI=1S/C14H13N3O3/c18-12-6-4-11(5-7-12)9-15-16-13(19)10-17-8-2-1-3-14(17)20/h1-9,18H,10H2,(H,16,19)/b15-9+. The Morgan fingerprint density at radius 3 is 2.70 bits per heavy atom. The molecule has 0 spiro atoms. The minimum absolute atomic E-state index is 0.0907. The highest BCUT2D eigenvalue weighted by molar-refractivity contribution is 5.82. The van der Waals surface area contributed by atoms with Gasteiger partial charge in [-0.05, 0) is 35.9 Å². The van der Waals surface area contributed by atoms with Gasteiger partial charge in [0.05, 0.1) is 6.21 Å². The summed E-state index contributed by atoms with van der Waals surface area (Å²) in [5.74, 6) is -0.233. The number of carbonyl (C=O) groups excluding carboxylic acids is 1. The van der Waals surface area contributed by atoms with E-state index in [-0.39, 0.29) is 17.9 Å². The molecule has 20 heavy (non-hydrogen) atoms. The molecule has 0 aliphatic heterocycles. The molecule has 0 bridgehead atoms. The summed E-state index contributed by atoms with van der Waals surface area (Å²) in [6.07, 6.45) is 2.98. The van der Waals surface area contributed by atoms with Crippen LogP contribution in [0.4, 0.5) is 0 Å². The van der Waals surface area contributed by atoms with Gasteiger partial charge in [0.25, 0.3) is 11.5 Å². The Labute approximate surface area is 115 Å². The fraction of sp³-hybridized carbons (Fsp3) is 0.0714. The fourth-order valence-electron chi connectivity index (χ4n) is 1.52. The molecule has 6 heteroatoms. The van der Waals surface area contributed by atoms with Crippen molar-refractivity contribution in [2.24, 2.45) is 5.10 Å². The number of rotatable bonds is 4. The number of hydrogen-bond acceptors (Lipinski definition) is 4. The summed E-state index contributed by atoms with van der Waals surface area (Å²) in [5.41, 5.74) is 2.82. The van der Waals surface area contributed by atoms with Crippen LogP contribution in [0.25, 0.3) is 0 Å². The van der Waals surface area contributed by atoms with Crippen molar-refractivity contribution < 1.29 is 9.90 Å². The summed E-state index contributed by atoms with van der Waals surface area (Å²) < 4.78 is 1.28. The monoisotopic (exact) mass is 271 g/mol. The average Bonchev–Trinajstić information content (AvgIpc) is 2.44. The van der Waals surface area contributed by atoms with E-state index in [9.17, 15) is 9.59 Å². The molecule has 0 saturated carbocycles. The van der Waals surface area contributed by atoms with Crippen LogP contribution in [0, 0.1) is 0 Å². The first-order valence-electron chi connectivity index (χ1n) is 5.91. The molecule has 2 N–H and O–H groups in total. The van der Waals surface area contributed by atoms with Crippen LogP contribution in [0.2, 0.25) is 0 Å². The van der Waals surface area contributed by atoms with Gasteiger partial charge in [-0.15, -0.1) is 0 Å². The lowest BCUT2D eigenvalue weighted by molar-refractivity contribution is -0.121. The molecule has 1 aromatic carbocycles. The highest BCUT2D eigenvalue weighted by Gasteiger charge is 2.01. The molecule has 0 aliphatic carbocycles. The first kappa shape index (κ1) is 13.5. The maximum absolute atomic E-state index is 11.6. The van der Waals surface area contributed by atoms with E-state index in [1.165, 1.54) is 35.2 Å². The Hall–Kier alpha value is -2.89. The van der Waals surface area contributed by atoms with E-state index in [1.54, 1.807) is 24.3 Å². The number of carbonyl (C=O) groups is 1. The second-order valence-electron chi connectivity index (χ2n) is 4.05. The predicted octanol–water partition coefficient (Wildman–Crippen LogP) is 0.704. The van der Waals surface area contributed by atoms with Gasteiger partial charge in [0.1, 0.15) is 12.3 Å². The molecule has 2 rings (SSSR count). The number of nitrogens with zero attached hydrogens (tertiary/aromatic N) is 2. The molecule has 102 valence electrons. The van der Waals surface area contributed by atoms with Gasteiger partial charge in [-0.3, -0.25) is 9.59 Å². The van der Waals surface area contributed by atoms with Crippen LogP contribution in [0.15, 0.2) is 58.6 Å². The maximum Gasteiger partial charge on any atom is 0.260 e. The molecule has 2 aromatic rings. The normalized spacial score (nSPS) is 10.6. The lowest BCUT2D eigenvalue weighted by Crippen LogP contribution is -2.28. The summed E-state index contributed by atoms with van der Waals surface area (Å²) >= 11 is 0. The molecule has 0 radical (unpaired) electrons. The summed E-state index contributed by atoms with van der Waals surface area (Å²) in [7, 11) is 0. The Morgan fingerprint density at radius 2 is 2.00 bits per heavy atom. The third-order valence-electron chi connectivity index (χ3n) is 2.51. The first-order valence-corrected chi connectivity index (χ1v) is 5.91. The fourth-order valence-corrected chi connectivity index (χ4v) is 1.52. The van der Waals surface area contributed by atoms with E-state index in [1.807, 2.05) is 0 Å². The zero-order valence-electron chi connectivity index (χ0n) is 10.6. The second-order valence-corrected chi connectivity index (χ2v) is 4.05. The molecule has 0 unspecified atom stereocenters. The van der Waals surface area contributed by atoms with Crippen molar-refractivity contribution in [2.45, 2.75) is 6.54 Å². The van der Waals surface area contributed by atoms with Crippen molar-refractivity contribution in [3.05, 3.63) is 64.6 Å². The van der Waals surface area contributed by atoms with Gasteiger partial charge in [-0.1, -0.05) is 6.07 Å². The zero-order chi connectivity index (χ0) is 14.4. The molecular formula is C14H13N3O3. The number of benzene rings is 1. The van der Waals surface area contributed by atoms with Crippen molar-refractivity contribution >= 4 is 12.1 Å². The lowest BCUT2D eigenvalue weighted by Gasteiger charge is -2.03. The highest BCUT2D eigenvalue weighted by atomic mass is 16.3. The number of aromatic nitrogens is 1. The van der Waals surface area contributed by atoms with E-state index < -0.39 is 5.91 Å². The number of amides is 1. The topological polar surface area (TPSA) is 83.7 Å². The Bertz CT molecular complexity index is 675. The smallest absolute Gasteiger partial charge is 0.260 e. The van der Waals surface area contributed by atoms with Gasteiger partial charge in [-0.2, -0.15) is 5.10 Å². The van der Waals surface area contributed by atoms with Gasteiger partial charge in [-0.25, -0.2) is 5.43 Å².